The Morgan fingerprint density at radius 2 is 1.97 bits per heavy atom. The zero-order chi connectivity index (χ0) is 20.5. The summed E-state index contributed by atoms with van der Waals surface area (Å²) in [5, 5.41) is 13.3. The van der Waals surface area contributed by atoms with Gasteiger partial charge in [0.25, 0.3) is 0 Å². The summed E-state index contributed by atoms with van der Waals surface area (Å²) in [5.74, 6) is 0.295. The Kier molecular flexibility index (Phi) is 7.61. The van der Waals surface area contributed by atoms with Crippen LogP contribution in [0.1, 0.15) is 18.4 Å². The average Bonchev–Trinajstić information content (AvgIpc) is 3.13. The van der Waals surface area contributed by atoms with E-state index in [0.29, 0.717) is 12.3 Å². The van der Waals surface area contributed by atoms with Gasteiger partial charge in [-0.25, -0.2) is 4.98 Å². The molecule has 1 aromatic heterocycles. The molecule has 29 heavy (non-hydrogen) atoms. The van der Waals surface area contributed by atoms with Crippen LogP contribution < -0.4 is 15.8 Å². The number of nitrogens with one attached hydrogen (secondary N) is 1. The fourth-order valence-electron chi connectivity index (χ4n) is 3.15. The first kappa shape index (κ1) is 20.8. The fraction of sp³-hybridized carbons (Fsp3) is 0.364. The van der Waals surface area contributed by atoms with Crippen molar-refractivity contribution in [2.45, 2.75) is 31.9 Å². The van der Waals surface area contributed by atoms with E-state index in [9.17, 15) is 9.90 Å². The number of primary amides is 1. The van der Waals surface area contributed by atoms with Gasteiger partial charge in [0.1, 0.15) is 18.5 Å². The zero-order valence-electron chi connectivity index (χ0n) is 16.5. The monoisotopic (exact) mass is 396 g/mol. The highest BCUT2D eigenvalue weighted by atomic mass is 16.5. The smallest absolute Gasteiger partial charge is 0.221 e. The third kappa shape index (κ3) is 6.58. The van der Waals surface area contributed by atoms with Gasteiger partial charge >= 0.3 is 0 Å². The van der Waals surface area contributed by atoms with E-state index in [1.165, 1.54) is 0 Å². The Morgan fingerprint density at radius 1 is 1.17 bits per heavy atom. The number of fused-ring (bicyclic) bond motifs is 1. The van der Waals surface area contributed by atoms with Gasteiger partial charge in [-0.1, -0.05) is 24.3 Å². The van der Waals surface area contributed by atoms with Crippen molar-refractivity contribution < 1.29 is 14.6 Å². The lowest BCUT2D eigenvalue weighted by Gasteiger charge is -2.13. The van der Waals surface area contributed by atoms with Gasteiger partial charge in [-0.05, 0) is 49.2 Å². The molecule has 1 unspecified atom stereocenters. The first-order valence-electron chi connectivity index (χ1n) is 9.90. The third-order valence-electron chi connectivity index (χ3n) is 4.65. The van der Waals surface area contributed by atoms with Crippen molar-refractivity contribution in [2.24, 2.45) is 5.73 Å². The van der Waals surface area contributed by atoms with Crippen molar-refractivity contribution in [3.8, 4) is 5.75 Å². The summed E-state index contributed by atoms with van der Waals surface area (Å²) in [6.07, 6.45) is 3.57. The van der Waals surface area contributed by atoms with Crippen LogP contribution in [-0.2, 0) is 17.8 Å². The van der Waals surface area contributed by atoms with E-state index in [4.69, 9.17) is 10.5 Å². The number of carbonyl (C=O) groups excluding carboxylic acids is 1. The molecule has 0 aliphatic heterocycles. The van der Waals surface area contributed by atoms with Crippen LogP contribution in [0.25, 0.3) is 11.0 Å². The topological polar surface area (TPSA) is 102 Å². The number of hydrogen-bond donors (Lipinski definition) is 3. The van der Waals surface area contributed by atoms with Crippen molar-refractivity contribution in [1.29, 1.82) is 0 Å². The zero-order valence-corrected chi connectivity index (χ0v) is 16.5. The Labute approximate surface area is 170 Å². The van der Waals surface area contributed by atoms with Crippen LogP contribution in [0.2, 0.25) is 0 Å². The van der Waals surface area contributed by atoms with Gasteiger partial charge in [-0.2, -0.15) is 0 Å². The lowest BCUT2D eigenvalue weighted by molar-refractivity contribution is -0.117. The van der Waals surface area contributed by atoms with Crippen molar-refractivity contribution in [3.63, 3.8) is 0 Å². The largest absolute Gasteiger partial charge is 0.491 e. The maximum atomic E-state index is 10.9. The molecule has 2 aromatic carbocycles. The average molecular weight is 396 g/mol. The van der Waals surface area contributed by atoms with E-state index in [1.807, 2.05) is 24.5 Å². The molecule has 7 heteroatoms. The minimum absolute atomic E-state index is 0.212. The van der Waals surface area contributed by atoms with E-state index in [-0.39, 0.29) is 18.9 Å². The molecule has 1 atom stereocenters. The van der Waals surface area contributed by atoms with E-state index < -0.39 is 6.10 Å². The highest BCUT2D eigenvalue weighted by Crippen LogP contribution is 2.13. The summed E-state index contributed by atoms with van der Waals surface area (Å²) < 4.78 is 7.75. The van der Waals surface area contributed by atoms with Crippen molar-refractivity contribution >= 4 is 16.9 Å². The Hall–Kier alpha value is -2.90. The number of aliphatic hydroxyl groups is 1. The molecule has 0 aliphatic carbocycles. The molecule has 0 fully saturated rings. The van der Waals surface area contributed by atoms with Crippen molar-refractivity contribution in [2.75, 3.05) is 19.7 Å². The maximum absolute atomic E-state index is 10.9. The highest BCUT2D eigenvalue weighted by Gasteiger charge is 2.06. The lowest BCUT2D eigenvalue weighted by atomic mass is 10.1. The normalized spacial score (nSPS) is 12.2. The number of aromatic nitrogens is 2. The summed E-state index contributed by atoms with van der Waals surface area (Å²) in [4.78, 5) is 15.3. The van der Waals surface area contributed by atoms with E-state index >= 15 is 0 Å². The molecule has 154 valence electrons. The molecule has 3 aromatic rings. The number of ether oxygens (including phenoxy) is 1. The summed E-state index contributed by atoms with van der Waals surface area (Å²) in [7, 11) is 0. The second kappa shape index (κ2) is 10.6. The third-order valence-corrected chi connectivity index (χ3v) is 4.65. The number of carbonyl (C=O) groups is 1. The standard InChI is InChI=1S/C22H28N4O3/c23-22(28)13-17-7-9-19(10-8-17)29-15-18(27)14-24-11-3-4-12-26-16-25-20-5-1-2-6-21(20)26/h1-2,5-10,16,18,24,27H,3-4,11-15H2,(H2,23,28). The molecule has 0 radical (unpaired) electrons. The molecule has 3 rings (SSSR count). The van der Waals surface area contributed by atoms with E-state index in [0.717, 1.165) is 42.5 Å². The number of unbranched alkanes of at least 4 members (excludes halogenated alkanes) is 1. The Morgan fingerprint density at radius 3 is 2.76 bits per heavy atom. The first-order chi connectivity index (χ1) is 14.1. The van der Waals surface area contributed by atoms with Crippen molar-refractivity contribution in [1.82, 2.24) is 14.9 Å². The number of aliphatic hydroxyl groups excluding tert-OH is 1. The van der Waals surface area contributed by atoms with Gasteiger partial charge in [0.15, 0.2) is 0 Å². The highest BCUT2D eigenvalue weighted by molar-refractivity contribution is 5.76. The molecule has 0 aliphatic rings. The summed E-state index contributed by atoms with van der Waals surface area (Å²) in [6.45, 7) is 2.46. The molecular formula is C22H28N4O3. The van der Waals surface area contributed by atoms with Gasteiger partial charge in [0, 0.05) is 13.1 Å². The summed E-state index contributed by atoms with van der Waals surface area (Å²) in [5.41, 5.74) is 8.20. The lowest BCUT2D eigenvalue weighted by Crippen LogP contribution is -2.32. The van der Waals surface area contributed by atoms with Crippen LogP contribution in [0, 0.1) is 0 Å². The van der Waals surface area contributed by atoms with Gasteiger partial charge in [-0.3, -0.25) is 4.79 Å². The van der Waals surface area contributed by atoms with Crippen LogP contribution in [0.3, 0.4) is 0 Å². The number of amides is 1. The fourth-order valence-corrected chi connectivity index (χ4v) is 3.15. The molecule has 1 heterocycles. The number of para-hydroxylation sites is 2. The molecule has 0 bridgehead atoms. The SMILES string of the molecule is NC(=O)Cc1ccc(OCC(O)CNCCCCn2cnc3ccccc32)cc1. The number of imidazole rings is 1. The van der Waals surface area contributed by atoms with Gasteiger partial charge in [0.05, 0.1) is 23.8 Å². The second-order valence-corrected chi connectivity index (χ2v) is 7.09. The first-order valence-corrected chi connectivity index (χ1v) is 9.90. The number of nitrogens with zero attached hydrogens (tertiary/aromatic N) is 2. The van der Waals surface area contributed by atoms with Gasteiger partial charge in [-0.15, -0.1) is 0 Å². The maximum Gasteiger partial charge on any atom is 0.221 e. The minimum Gasteiger partial charge on any atom is -0.491 e. The van der Waals surface area contributed by atoms with Crippen LogP contribution >= 0.6 is 0 Å². The number of rotatable bonds is 12. The summed E-state index contributed by atoms with van der Waals surface area (Å²) in [6, 6.07) is 15.3. The number of hydrogen-bond acceptors (Lipinski definition) is 5. The van der Waals surface area contributed by atoms with Crippen molar-refractivity contribution in [3.05, 3.63) is 60.4 Å². The van der Waals surface area contributed by atoms with Gasteiger partial charge in [0.2, 0.25) is 5.91 Å². The van der Waals surface area contributed by atoms with E-state index in [1.54, 1.807) is 24.3 Å². The van der Waals surface area contributed by atoms with Crippen LogP contribution in [0.5, 0.6) is 5.75 Å². The predicted octanol–water partition coefficient (Wildman–Crippen LogP) is 1.87. The molecule has 0 saturated heterocycles. The number of nitrogens with two attached hydrogens (primary N) is 1. The van der Waals surface area contributed by atoms with Gasteiger partial charge < -0.3 is 25.5 Å². The molecular weight excluding hydrogens is 368 g/mol. The number of benzene rings is 2. The molecule has 1 amide bonds. The van der Waals surface area contributed by atoms with Crippen LogP contribution in [0.15, 0.2) is 54.9 Å². The Bertz CT molecular complexity index is 908. The van der Waals surface area contributed by atoms with Crippen LogP contribution in [-0.4, -0.2) is 46.4 Å². The Balaban J connectivity index is 1.27. The molecule has 7 nitrogen and oxygen atoms in total. The summed E-state index contributed by atoms with van der Waals surface area (Å²) >= 11 is 0. The predicted molar refractivity (Wildman–Crippen MR) is 113 cm³/mol. The number of aryl methyl sites for hydroxylation is 1. The minimum atomic E-state index is -0.585. The second-order valence-electron chi connectivity index (χ2n) is 7.09. The van der Waals surface area contributed by atoms with E-state index in [2.05, 4.69) is 20.9 Å². The quantitative estimate of drug-likeness (QED) is 0.406. The molecule has 0 saturated carbocycles. The molecule has 4 N–H and O–H groups in total. The molecule has 0 spiro atoms. The van der Waals surface area contributed by atoms with Crippen LogP contribution in [0.4, 0.5) is 0 Å².